The summed E-state index contributed by atoms with van der Waals surface area (Å²) < 4.78 is 5.27. The van der Waals surface area contributed by atoms with Gasteiger partial charge in [0.15, 0.2) is 0 Å². The quantitative estimate of drug-likeness (QED) is 0.753. The van der Waals surface area contributed by atoms with Gasteiger partial charge in [-0.3, -0.25) is 9.69 Å². The summed E-state index contributed by atoms with van der Waals surface area (Å²) in [5, 5.41) is 15.1. The molecular weight excluding hydrogens is 332 g/mol. The minimum atomic E-state index is -0.767. The Morgan fingerprint density at radius 2 is 1.88 bits per heavy atom. The lowest BCUT2D eigenvalue weighted by atomic mass is 9.97. The molecule has 1 heterocycles. The zero-order chi connectivity index (χ0) is 19.4. The van der Waals surface area contributed by atoms with Crippen LogP contribution in [0.1, 0.15) is 59.8 Å². The van der Waals surface area contributed by atoms with Crippen LogP contribution in [-0.2, 0) is 9.53 Å². The summed E-state index contributed by atoms with van der Waals surface area (Å²) in [4.78, 5) is 26.4. The summed E-state index contributed by atoms with van der Waals surface area (Å²) in [5.74, 6) is 0.146. The molecule has 2 unspecified atom stereocenters. The van der Waals surface area contributed by atoms with Crippen LogP contribution < -0.4 is 10.6 Å². The van der Waals surface area contributed by atoms with Crippen LogP contribution in [0, 0.1) is 17.2 Å². The number of piperidine rings is 1. The third-order valence-electron chi connectivity index (χ3n) is 5.00. The van der Waals surface area contributed by atoms with Crippen molar-refractivity contribution in [1.29, 1.82) is 5.26 Å². The fourth-order valence-corrected chi connectivity index (χ4v) is 3.41. The van der Waals surface area contributed by atoms with E-state index in [1.165, 1.54) is 0 Å². The predicted molar refractivity (Wildman–Crippen MR) is 98.3 cm³/mol. The van der Waals surface area contributed by atoms with Gasteiger partial charge in [0.2, 0.25) is 5.91 Å². The highest BCUT2D eigenvalue weighted by atomic mass is 16.6. The van der Waals surface area contributed by atoms with E-state index in [0.717, 1.165) is 38.6 Å². The molecule has 2 fully saturated rings. The number of nitriles is 1. The first-order chi connectivity index (χ1) is 12.1. The normalized spacial score (nSPS) is 23.4. The molecule has 146 valence electrons. The van der Waals surface area contributed by atoms with Crippen molar-refractivity contribution in [1.82, 2.24) is 15.5 Å². The van der Waals surface area contributed by atoms with E-state index >= 15 is 0 Å². The van der Waals surface area contributed by atoms with Crippen LogP contribution in [0.15, 0.2) is 0 Å². The van der Waals surface area contributed by atoms with Crippen LogP contribution in [0.4, 0.5) is 4.79 Å². The van der Waals surface area contributed by atoms with E-state index in [-0.39, 0.29) is 24.4 Å². The van der Waals surface area contributed by atoms with Crippen molar-refractivity contribution in [2.75, 3.05) is 19.6 Å². The van der Waals surface area contributed by atoms with E-state index in [4.69, 9.17) is 4.74 Å². The van der Waals surface area contributed by atoms with Crippen LogP contribution >= 0.6 is 0 Å². The molecule has 7 nitrogen and oxygen atoms in total. The van der Waals surface area contributed by atoms with Crippen molar-refractivity contribution in [3.8, 4) is 6.07 Å². The number of amides is 2. The van der Waals surface area contributed by atoms with Crippen molar-refractivity contribution in [3.63, 3.8) is 0 Å². The lowest BCUT2D eigenvalue weighted by molar-refractivity contribution is -0.124. The smallest absolute Gasteiger partial charge is 0.407 e. The van der Waals surface area contributed by atoms with E-state index in [1.807, 2.05) is 20.8 Å². The summed E-state index contributed by atoms with van der Waals surface area (Å²) in [5.41, 5.74) is -1.29. The monoisotopic (exact) mass is 364 g/mol. The Hall–Kier alpha value is -1.81. The number of carbonyl (C=O) groups is 2. The van der Waals surface area contributed by atoms with Crippen molar-refractivity contribution in [3.05, 3.63) is 0 Å². The van der Waals surface area contributed by atoms with Crippen molar-refractivity contribution in [2.45, 2.75) is 77.0 Å². The van der Waals surface area contributed by atoms with Crippen LogP contribution in [-0.4, -0.2) is 53.7 Å². The Labute approximate surface area is 156 Å². The zero-order valence-corrected chi connectivity index (χ0v) is 16.4. The van der Waals surface area contributed by atoms with E-state index < -0.39 is 17.2 Å². The van der Waals surface area contributed by atoms with Gasteiger partial charge < -0.3 is 15.4 Å². The first kappa shape index (κ1) is 20.5. The number of ether oxygens (including phenoxy) is 1. The fourth-order valence-electron chi connectivity index (χ4n) is 3.41. The van der Waals surface area contributed by atoms with Gasteiger partial charge in [0.05, 0.1) is 12.6 Å². The number of carbonyl (C=O) groups excluding carboxylic acids is 2. The summed E-state index contributed by atoms with van der Waals surface area (Å²) in [6.07, 6.45) is 4.61. The zero-order valence-electron chi connectivity index (χ0n) is 16.4. The summed E-state index contributed by atoms with van der Waals surface area (Å²) >= 11 is 0. The Kier molecular flexibility index (Phi) is 6.51. The molecule has 1 saturated heterocycles. The van der Waals surface area contributed by atoms with E-state index in [1.54, 1.807) is 6.92 Å². The lowest BCUT2D eigenvalue weighted by Crippen LogP contribution is -2.54. The number of likely N-dealkylation sites (tertiary alicyclic amines) is 1. The van der Waals surface area contributed by atoms with Gasteiger partial charge in [0.1, 0.15) is 11.1 Å². The molecule has 1 aliphatic heterocycles. The molecule has 0 aromatic heterocycles. The molecule has 0 aromatic carbocycles. The molecule has 2 aliphatic rings. The van der Waals surface area contributed by atoms with Gasteiger partial charge in [-0.2, -0.15) is 5.26 Å². The highest BCUT2D eigenvalue weighted by Gasteiger charge is 2.43. The maximum Gasteiger partial charge on any atom is 0.407 e. The first-order valence-corrected chi connectivity index (χ1v) is 9.56. The summed E-state index contributed by atoms with van der Waals surface area (Å²) in [7, 11) is 0. The number of rotatable bonds is 6. The number of hydrogen-bond acceptors (Lipinski definition) is 5. The molecular formula is C19H32N4O3. The standard InChI is InChI=1S/C19H32N4O3/c1-18(2,3)26-17(25)21-11-15-7-5-6-10-23(15)12-16(24)22-19(4,13-20)14-8-9-14/h14-15H,5-12H2,1-4H3,(H,21,25)(H,22,24). The molecule has 7 heteroatoms. The van der Waals surface area contributed by atoms with Gasteiger partial charge in [-0.1, -0.05) is 6.42 Å². The summed E-state index contributed by atoms with van der Waals surface area (Å²) in [6, 6.07) is 2.37. The molecule has 0 bridgehead atoms. The van der Waals surface area contributed by atoms with E-state index in [9.17, 15) is 14.9 Å². The highest BCUT2D eigenvalue weighted by Crippen LogP contribution is 2.39. The highest BCUT2D eigenvalue weighted by molar-refractivity contribution is 5.79. The van der Waals surface area contributed by atoms with Crippen LogP contribution in [0.5, 0.6) is 0 Å². The third-order valence-corrected chi connectivity index (χ3v) is 5.00. The van der Waals surface area contributed by atoms with Crippen LogP contribution in [0.25, 0.3) is 0 Å². The molecule has 0 spiro atoms. The first-order valence-electron chi connectivity index (χ1n) is 9.56. The van der Waals surface area contributed by atoms with Gasteiger partial charge >= 0.3 is 6.09 Å². The molecule has 1 aliphatic carbocycles. The maximum atomic E-state index is 12.5. The fraction of sp³-hybridized carbons (Fsp3) is 0.842. The number of alkyl carbamates (subject to hydrolysis) is 1. The SMILES string of the molecule is CC(C)(C)OC(=O)NCC1CCCCN1CC(=O)NC(C)(C#N)C1CC1. The second kappa shape index (κ2) is 8.26. The largest absolute Gasteiger partial charge is 0.444 e. The molecule has 2 N–H and O–H groups in total. The third kappa shape index (κ3) is 6.17. The van der Waals surface area contributed by atoms with Gasteiger partial charge in [-0.25, -0.2) is 4.79 Å². The molecule has 1 saturated carbocycles. The van der Waals surface area contributed by atoms with Gasteiger partial charge in [0.25, 0.3) is 0 Å². The van der Waals surface area contributed by atoms with E-state index in [2.05, 4.69) is 21.6 Å². The lowest BCUT2D eigenvalue weighted by Gasteiger charge is -2.36. The number of nitrogens with one attached hydrogen (secondary N) is 2. The predicted octanol–water partition coefficient (Wildman–Crippen LogP) is 2.17. The molecule has 2 amide bonds. The Morgan fingerprint density at radius 3 is 2.46 bits per heavy atom. The van der Waals surface area contributed by atoms with Gasteiger partial charge in [0, 0.05) is 12.6 Å². The Balaban J connectivity index is 1.85. The van der Waals surface area contributed by atoms with Crippen molar-refractivity contribution < 1.29 is 14.3 Å². The van der Waals surface area contributed by atoms with E-state index in [0.29, 0.717) is 6.54 Å². The minimum Gasteiger partial charge on any atom is -0.444 e. The molecule has 0 aromatic rings. The average Bonchev–Trinajstić information content (AvgIpc) is 3.37. The minimum absolute atomic E-state index is 0.108. The average molecular weight is 364 g/mol. The topological polar surface area (TPSA) is 94.5 Å². The molecule has 2 rings (SSSR count). The molecule has 0 radical (unpaired) electrons. The second-order valence-corrected chi connectivity index (χ2v) is 8.64. The molecule has 2 atom stereocenters. The second-order valence-electron chi connectivity index (χ2n) is 8.64. The number of hydrogen-bond donors (Lipinski definition) is 2. The molecule has 26 heavy (non-hydrogen) atoms. The van der Waals surface area contributed by atoms with Crippen molar-refractivity contribution in [2.24, 2.45) is 5.92 Å². The van der Waals surface area contributed by atoms with Crippen molar-refractivity contribution >= 4 is 12.0 Å². The van der Waals surface area contributed by atoms with Gasteiger partial charge in [-0.15, -0.1) is 0 Å². The number of nitrogens with zero attached hydrogens (tertiary/aromatic N) is 2. The maximum absolute atomic E-state index is 12.5. The Bertz CT molecular complexity index is 562. The summed E-state index contributed by atoms with van der Waals surface area (Å²) in [6.45, 7) is 8.83. The van der Waals surface area contributed by atoms with Crippen LogP contribution in [0.2, 0.25) is 0 Å². The van der Waals surface area contributed by atoms with Gasteiger partial charge in [-0.05, 0) is 65.8 Å². The Morgan fingerprint density at radius 1 is 1.19 bits per heavy atom. The van der Waals surface area contributed by atoms with Crippen LogP contribution in [0.3, 0.4) is 0 Å².